The number of ether oxygens (including phenoxy) is 1. The molecule has 0 saturated heterocycles. The first-order valence-corrected chi connectivity index (χ1v) is 17.2. The molecule has 16 heteroatoms. The molecule has 0 atom stereocenters. The minimum Gasteiger partial charge on any atom is -0.478 e. The number of rotatable bonds is 16. The van der Waals surface area contributed by atoms with Gasteiger partial charge in [0.25, 0.3) is 0 Å². The molecule has 0 unspecified atom stereocenters. The van der Waals surface area contributed by atoms with Gasteiger partial charge in [0.15, 0.2) is 0 Å². The topological polar surface area (TPSA) is 230 Å². The number of carbonyl (C=O) groups is 2. The summed E-state index contributed by atoms with van der Waals surface area (Å²) in [5, 5.41) is 39.2. The predicted octanol–water partition coefficient (Wildman–Crippen LogP) is 5.64. The van der Waals surface area contributed by atoms with E-state index >= 15 is 0 Å². The molecule has 55 heavy (non-hydrogen) atoms. The number of carboxylic acids is 1. The Morgan fingerprint density at radius 3 is 1.56 bits per heavy atom. The number of hydrogen-bond acceptors (Lipinski definition) is 15. The van der Waals surface area contributed by atoms with Gasteiger partial charge < -0.3 is 41.3 Å². The number of aliphatic hydroxyl groups excluding tert-OH is 2. The third kappa shape index (κ3) is 12.0. The van der Waals surface area contributed by atoms with Crippen LogP contribution in [-0.2, 0) is 4.74 Å². The highest BCUT2D eigenvalue weighted by Gasteiger charge is 2.09. The fourth-order valence-corrected chi connectivity index (χ4v) is 4.95. The first-order chi connectivity index (χ1) is 26.8. The number of nitrogens with zero attached hydrogens (tertiary/aromatic N) is 6. The fourth-order valence-electron chi connectivity index (χ4n) is 4.95. The molecule has 0 amide bonds. The number of anilines is 6. The number of nitrogens with one attached hydrogen (secondary N) is 4. The lowest BCUT2D eigenvalue weighted by atomic mass is 10.2. The first-order valence-electron chi connectivity index (χ1n) is 17.2. The summed E-state index contributed by atoms with van der Waals surface area (Å²) >= 11 is 0. The quantitative estimate of drug-likeness (QED) is 0.0470. The second-order valence-corrected chi connectivity index (χ2v) is 11.6. The predicted molar refractivity (Wildman–Crippen MR) is 209 cm³/mol. The van der Waals surface area contributed by atoms with Crippen molar-refractivity contribution < 1.29 is 29.6 Å². The van der Waals surface area contributed by atoms with Crippen LogP contribution in [0.25, 0.3) is 22.5 Å². The maximum absolute atomic E-state index is 11.7. The fraction of sp³-hybridized carbons (Fsp3) is 0.179. The van der Waals surface area contributed by atoms with E-state index in [1.807, 2.05) is 36.4 Å². The maximum Gasteiger partial charge on any atom is 0.337 e. The normalized spacial score (nSPS) is 10.4. The van der Waals surface area contributed by atoms with Crippen LogP contribution in [0.5, 0.6) is 0 Å². The van der Waals surface area contributed by atoms with Crippen molar-refractivity contribution >= 4 is 46.8 Å². The van der Waals surface area contributed by atoms with Gasteiger partial charge in [-0.05, 0) is 85.6 Å². The SMILES string of the molecule is COC(=O)c1cccc(Nc2nccc(-c3ccnc(NCCCO)c3)n2)c1.O=C(O)c1cccc(Nc2nccc(-c3ccnc(NCCCO)c3)n2)c1. The molecule has 6 rings (SSSR count). The van der Waals surface area contributed by atoms with E-state index in [2.05, 4.69) is 51.2 Å². The lowest BCUT2D eigenvalue weighted by Crippen LogP contribution is -2.05. The van der Waals surface area contributed by atoms with Crippen LogP contribution < -0.4 is 21.3 Å². The molecule has 0 radical (unpaired) electrons. The van der Waals surface area contributed by atoms with Gasteiger partial charge in [0.2, 0.25) is 11.9 Å². The largest absolute Gasteiger partial charge is 0.478 e. The Morgan fingerprint density at radius 1 is 0.618 bits per heavy atom. The van der Waals surface area contributed by atoms with Crippen LogP contribution in [0, 0.1) is 0 Å². The van der Waals surface area contributed by atoms with E-state index in [0.29, 0.717) is 72.1 Å². The van der Waals surface area contributed by atoms with Gasteiger partial charge >= 0.3 is 11.9 Å². The molecule has 4 heterocycles. The third-order valence-corrected chi connectivity index (χ3v) is 7.61. The molecular weight excluding hydrogens is 704 g/mol. The zero-order chi connectivity index (χ0) is 38.8. The Kier molecular flexibility index (Phi) is 14.4. The second-order valence-electron chi connectivity index (χ2n) is 11.6. The van der Waals surface area contributed by atoms with Crippen LogP contribution in [0.3, 0.4) is 0 Å². The van der Waals surface area contributed by atoms with Gasteiger partial charge in [0, 0.05) is 73.6 Å². The van der Waals surface area contributed by atoms with Crippen molar-refractivity contribution in [2.24, 2.45) is 0 Å². The molecule has 2 aromatic carbocycles. The van der Waals surface area contributed by atoms with Gasteiger partial charge in [0.05, 0.1) is 29.6 Å². The van der Waals surface area contributed by atoms with Crippen LogP contribution in [0.4, 0.5) is 34.9 Å². The number of hydrogen-bond donors (Lipinski definition) is 7. The Hall–Kier alpha value is -7.04. The van der Waals surface area contributed by atoms with E-state index in [1.54, 1.807) is 61.2 Å². The van der Waals surface area contributed by atoms with E-state index < -0.39 is 11.9 Å². The van der Waals surface area contributed by atoms with Crippen molar-refractivity contribution in [3.63, 3.8) is 0 Å². The van der Waals surface area contributed by atoms with E-state index in [4.69, 9.17) is 20.1 Å². The van der Waals surface area contributed by atoms with E-state index in [0.717, 1.165) is 16.8 Å². The van der Waals surface area contributed by atoms with Crippen LogP contribution in [0.1, 0.15) is 33.6 Å². The first kappa shape index (κ1) is 39.2. The number of methoxy groups -OCH3 is 1. The standard InChI is InChI=1S/C20H21N5O3.C19H19N5O3/c1-28-19(27)15-4-2-5-16(12-15)24-20-23-10-7-17(25-20)14-6-9-22-18(13-14)21-8-3-11-26;25-10-2-7-20-17-12-13(5-8-21-17)16-6-9-22-19(24-16)23-15-4-1-3-14(11-15)18(26)27/h2,4-7,9-10,12-13,26H,3,8,11H2,1H3,(H,21,22)(H,23,24,25);1,3-6,8-9,11-12,25H,2,7,10H2,(H,20,21)(H,26,27)(H,22,23,24). The van der Waals surface area contributed by atoms with E-state index in [1.165, 1.54) is 19.2 Å². The molecule has 4 aromatic heterocycles. The summed E-state index contributed by atoms with van der Waals surface area (Å²) in [6, 6.07) is 24.4. The molecule has 0 fully saturated rings. The Bertz CT molecular complexity index is 2190. The molecule has 16 nitrogen and oxygen atoms in total. The lowest BCUT2D eigenvalue weighted by Gasteiger charge is -2.09. The van der Waals surface area contributed by atoms with Gasteiger partial charge in [-0.25, -0.2) is 39.5 Å². The summed E-state index contributed by atoms with van der Waals surface area (Å²) in [5.41, 5.74) is 5.08. The minimum atomic E-state index is -0.994. The Morgan fingerprint density at radius 2 is 1.09 bits per heavy atom. The molecule has 282 valence electrons. The van der Waals surface area contributed by atoms with Crippen LogP contribution in [-0.4, -0.2) is 90.6 Å². The Balaban J connectivity index is 0.000000211. The summed E-state index contributed by atoms with van der Waals surface area (Å²) < 4.78 is 4.74. The van der Waals surface area contributed by atoms with Crippen molar-refractivity contribution in [3.8, 4) is 22.5 Å². The van der Waals surface area contributed by atoms with E-state index in [-0.39, 0.29) is 18.8 Å². The summed E-state index contributed by atoms with van der Waals surface area (Å²) in [7, 11) is 1.34. The summed E-state index contributed by atoms with van der Waals surface area (Å²) in [6.45, 7) is 1.52. The molecule has 0 spiro atoms. The van der Waals surface area contributed by atoms with Gasteiger partial charge in [-0.2, -0.15) is 0 Å². The molecule has 0 bridgehead atoms. The van der Waals surface area contributed by atoms with Crippen molar-refractivity contribution in [2.75, 3.05) is 54.7 Å². The molecular formula is C39H40N10O6. The molecule has 0 saturated carbocycles. The molecule has 6 aromatic rings. The number of aromatic nitrogens is 6. The van der Waals surface area contributed by atoms with Crippen LogP contribution >= 0.6 is 0 Å². The highest BCUT2D eigenvalue weighted by Crippen LogP contribution is 2.23. The van der Waals surface area contributed by atoms with Gasteiger partial charge in [-0.3, -0.25) is 0 Å². The lowest BCUT2D eigenvalue weighted by molar-refractivity contribution is 0.0599. The smallest absolute Gasteiger partial charge is 0.337 e. The minimum absolute atomic E-state index is 0.122. The average Bonchev–Trinajstić information content (AvgIpc) is 3.22. The van der Waals surface area contributed by atoms with Gasteiger partial charge in [-0.15, -0.1) is 0 Å². The number of aliphatic hydroxyl groups is 2. The number of aromatic carboxylic acids is 1. The van der Waals surface area contributed by atoms with Crippen LogP contribution in [0.2, 0.25) is 0 Å². The monoisotopic (exact) mass is 744 g/mol. The second kappa shape index (κ2) is 20.3. The molecule has 0 aliphatic heterocycles. The summed E-state index contributed by atoms with van der Waals surface area (Å²) in [4.78, 5) is 48.7. The zero-order valence-electron chi connectivity index (χ0n) is 29.9. The van der Waals surface area contributed by atoms with Crippen molar-refractivity contribution in [3.05, 3.63) is 121 Å². The molecule has 0 aliphatic carbocycles. The maximum atomic E-state index is 11.7. The number of benzene rings is 2. The number of esters is 1. The molecule has 7 N–H and O–H groups in total. The summed E-state index contributed by atoms with van der Waals surface area (Å²) in [6.07, 6.45) is 7.97. The van der Waals surface area contributed by atoms with Crippen LogP contribution in [0.15, 0.2) is 110 Å². The third-order valence-electron chi connectivity index (χ3n) is 7.61. The van der Waals surface area contributed by atoms with Gasteiger partial charge in [-0.1, -0.05) is 12.1 Å². The number of carboxylic acid groups (broad SMARTS) is 1. The van der Waals surface area contributed by atoms with Gasteiger partial charge in [0.1, 0.15) is 11.6 Å². The summed E-state index contributed by atoms with van der Waals surface area (Å²) in [5.74, 6) is 0.781. The average molecular weight is 745 g/mol. The van der Waals surface area contributed by atoms with Crippen molar-refractivity contribution in [1.29, 1.82) is 0 Å². The zero-order valence-corrected chi connectivity index (χ0v) is 29.9. The number of pyridine rings is 2. The highest BCUT2D eigenvalue weighted by molar-refractivity contribution is 5.90. The number of carbonyl (C=O) groups excluding carboxylic acids is 1. The van der Waals surface area contributed by atoms with E-state index in [9.17, 15) is 9.59 Å². The Labute approximate surface area is 316 Å². The van der Waals surface area contributed by atoms with Crippen molar-refractivity contribution in [2.45, 2.75) is 12.8 Å². The van der Waals surface area contributed by atoms with Crippen molar-refractivity contribution in [1.82, 2.24) is 29.9 Å². The highest BCUT2D eigenvalue weighted by atomic mass is 16.5. The molecule has 0 aliphatic rings.